The molecule has 1 spiro atoms. The lowest BCUT2D eigenvalue weighted by Crippen LogP contribution is -2.58. The Morgan fingerprint density at radius 1 is 1.22 bits per heavy atom. The van der Waals surface area contributed by atoms with Gasteiger partial charge in [-0.1, -0.05) is 6.42 Å². The van der Waals surface area contributed by atoms with Crippen molar-refractivity contribution >= 4 is 0 Å². The molecule has 0 heterocycles. The molecule has 0 atom stereocenters. The van der Waals surface area contributed by atoms with Crippen LogP contribution in [0, 0.1) is 5.41 Å². The predicted molar refractivity (Wildman–Crippen MR) is 38.1 cm³/mol. The molecule has 0 bridgehead atoms. The molecule has 2 rings (SSSR count). The Kier molecular flexibility index (Phi) is 0.852. The second-order valence-corrected chi connectivity index (χ2v) is 4.36. The van der Waals surface area contributed by atoms with Crippen molar-refractivity contribution in [2.75, 3.05) is 0 Å². The van der Waals surface area contributed by atoms with Gasteiger partial charge in [-0.2, -0.15) is 0 Å². The molecular formula is C8H15N. The molecule has 2 fully saturated rings. The van der Waals surface area contributed by atoms with Crippen molar-refractivity contribution in [3.05, 3.63) is 0 Å². The minimum atomic E-state index is 0.209. The molecule has 2 saturated carbocycles. The van der Waals surface area contributed by atoms with Crippen LogP contribution in [0.3, 0.4) is 0 Å². The van der Waals surface area contributed by atoms with Gasteiger partial charge in [0, 0.05) is 5.54 Å². The Labute approximate surface area is 56.6 Å². The molecule has 0 aromatic carbocycles. The van der Waals surface area contributed by atoms with Crippen LogP contribution in [0.15, 0.2) is 0 Å². The Morgan fingerprint density at radius 2 is 1.78 bits per heavy atom. The van der Waals surface area contributed by atoms with Crippen LogP contribution in [0.25, 0.3) is 0 Å². The van der Waals surface area contributed by atoms with Crippen molar-refractivity contribution in [1.29, 1.82) is 0 Å². The highest BCUT2D eigenvalue weighted by atomic mass is 14.8. The maximum absolute atomic E-state index is 5.91. The van der Waals surface area contributed by atoms with Crippen molar-refractivity contribution in [1.82, 2.24) is 0 Å². The molecule has 0 unspecified atom stereocenters. The average Bonchev–Trinajstić information content (AvgIpc) is 1.54. The Bertz CT molecular complexity index is 124. The summed E-state index contributed by atoms with van der Waals surface area (Å²) in [6, 6.07) is 0. The number of nitrogens with two attached hydrogens (primary N) is 1. The van der Waals surface area contributed by atoms with E-state index in [1.54, 1.807) is 0 Å². The van der Waals surface area contributed by atoms with E-state index in [9.17, 15) is 0 Å². The summed E-state index contributed by atoms with van der Waals surface area (Å²) in [7, 11) is 0. The van der Waals surface area contributed by atoms with Gasteiger partial charge < -0.3 is 5.73 Å². The van der Waals surface area contributed by atoms with Gasteiger partial charge in [0.05, 0.1) is 0 Å². The van der Waals surface area contributed by atoms with Gasteiger partial charge in [0.25, 0.3) is 0 Å². The van der Waals surface area contributed by atoms with Gasteiger partial charge in [0.1, 0.15) is 0 Å². The van der Waals surface area contributed by atoms with Crippen LogP contribution in [-0.2, 0) is 0 Å². The largest absolute Gasteiger partial charge is 0.325 e. The zero-order chi connectivity index (χ0) is 6.54. The summed E-state index contributed by atoms with van der Waals surface area (Å²) in [5.41, 5.74) is 6.87. The zero-order valence-electron chi connectivity index (χ0n) is 6.11. The van der Waals surface area contributed by atoms with Crippen LogP contribution in [0.5, 0.6) is 0 Å². The third-order valence-corrected chi connectivity index (χ3v) is 2.97. The van der Waals surface area contributed by atoms with Crippen molar-refractivity contribution in [3.8, 4) is 0 Å². The monoisotopic (exact) mass is 125 g/mol. The fourth-order valence-corrected chi connectivity index (χ4v) is 2.69. The maximum Gasteiger partial charge on any atom is 0.0136 e. The van der Waals surface area contributed by atoms with Gasteiger partial charge in [-0.15, -0.1) is 0 Å². The fraction of sp³-hybridized carbons (Fsp3) is 1.00. The van der Waals surface area contributed by atoms with E-state index in [0.717, 1.165) is 5.41 Å². The van der Waals surface area contributed by atoms with Crippen molar-refractivity contribution < 1.29 is 0 Å². The van der Waals surface area contributed by atoms with Gasteiger partial charge in [-0.05, 0) is 38.0 Å². The number of rotatable bonds is 0. The van der Waals surface area contributed by atoms with Crippen molar-refractivity contribution in [2.45, 2.75) is 44.6 Å². The molecule has 1 heteroatoms. The van der Waals surface area contributed by atoms with Gasteiger partial charge in [0.2, 0.25) is 0 Å². The molecule has 2 aliphatic rings. The van der Waals surface area contributed by atoms with Gasteiger partial charge >= 0.3 is 0 Å². The molecule has 0 aliphatic heterocycles. The first-order valence-electron chi connectivity index (χ1n) is 3.91. The van der Waals surface area contributed by atoms with E-state index in [1.807, 2.05) is 0 Å². The van der Waals surface area contributed by atoms with E-state index in [-0.39, 0.29) is 5.54 Å². The summed E-state index contributed by atoms with van der Waals surface area (Å²) in [5, 5.41) is 0. The van der Waals surface area contributed by atoms with E-state index >= 15 is 0 Å². The third-order valence-electron chi connectivity index (χ3n) is 2.97. The molecule has 1 nitrogen and oxygen atoms in total. The predicted octanol–water partition coefficient (Wildman–Crippen LogP) is 1.67. The SMILES string of the molecule is CC1(N)CC2(CCC2)C1. The van der Waals surface area contributed by atoms with Crippen LogP contribution in [-0.4, -0.2) is 5.54 Å². The minimum absolute atomic E-state index is 0.209. The number of hydrogen-bond donors (Lipinski definition) is 1. The topological polar surface area (TPSA) is 26.0 Å². The molecule has 0 aromatic heterocycles. The molecule has 0 radical (unpaired) electrons. The smallest absolute Gasteiger partial charge is 0.0136 e. The van der Waals surface area contributed by atoms with E-state index in [2.05, 4.69) is 6.92 Å². The highest BCUT2D eigenvalue weighted by Crippen LogP contribution is 2.59. The molecule has 0 saturated heterocycles. The van der Waals surface area contributed by atoms with E-state index in [4.69, 9.17) is 5.73 Å². The van der Waals surface area contributed by atoms with Crippen LogP contribution in [0.4, 0.5) is 0 Å². The lowest BCUT2D eigenvalue weighted by atomic mass is 9.49. The zero-order valence-corrected chi connectivity index (χ0v) is 6.11. The first-order valence-corrected chi connectivity index (χ1v) is 3.91. The maximum atomic E-state index is 5.91. The summed E-state index contributed by atoms with van der Waals surface area (Å²) in [4.78, 5) is 0. The second-order valence-electron chi connectivity index (χ2n) is 4.36. The van der Waals surface area contributed by atoms with E-state index in [0.29, 0.717) is 0 Å². The average molecular weight is 125 g/mol. The molecule has 52 valence electrons. The Balaban J connectivity index is 1.96. The molecular weight excluding hydrogens is 110 g/mol. The van der Waals surface area contributed by atoms with Crippen LogP contribution in [0.1, 0.15) is 39.0 Å². The summed E-state index contributed by atoms with van der Waals surface area (Å²) >= 11 is 0. The van der Waals surface area contributed by atoms with Crippen molar-refractivity contribution in [2.24, 2.45) is 11.1 Å². The lowest BCUT2D eigenvalue weighted by Gasteiger charge is -2.58. The summed E-state index contributed by atoms with van der Waals surface area (Å²) in [6.07, 6.45) is 6.95. The van der Waals surface area contributed by atoms with Crippen LogP contribution >= 0.6 is 0 Å². The first-order chi connectivity index (χ1) is 4.12. The highest BCUT2D eigenvalue weighted by molar-refractivity contribution is 5.08. The molecule has 9 heavy (non-hydrogen) atoms. The van der Waals surface area contributed by atoms with E-state index < -0.39 is 0 Å². The number of hydrogen-bond acceptors (Lipinski definition) is 1. The highest BCUT2D eigenvalue weighted by Gasteiger charge is 2.52. The summed E-state index contributed by atoms with van der Waals surface area (Å²) < 4.78 is 0. The second kappa shape index (κ2) is 1.34. The van der Waals surface area contributed by atoms with Gasteiger partial charge in [-0.3, -0.25) is 0 Å². The van der Waals surface area contributed by atoms with Gasteiger partial charge in [-0.25, -0.2) is 0 Å². The first kappa shape index (κ1) is 5.72. The van der Waals surface area contributed by atoms with Crippen LogP contribution in [0.2, 0.25) is 0 Å². The Morgan fingerprint density at radius 3 is 1.89 bits per heavy atom. The molecule has 0 aromatic rings. The van der Waals surface area contributed by atoms with Crippen LogP contribution < -0.4 is 5.73 Å². The Hall–Kier alpha value is -0.0400. The molecule has 2 aliphatic carbocycles. The minimum Gasteiger partial charge on any atom is -0.325 e. The summed E-state index contributed by atoms with van der Waals surface area (Å²) in [6.45, 7) is 2.18. The standard InChI is InChI=1S/C8H15N/c1-7(9)5-8(6-7)3-2-4-8/h2-6,9H2,1H3. The van der Waals surface area contributed by atoms with Crippen molar-refractivity contribution in [3.63, 3.8) is 0 Å². The quantitative estimate of drug-likeness (QED) is 0.523. The van der Waals surface area contributed by atoms with E-state index in [1.165, 1.54) is 32.1 Å². The normalized spacial score (nSPS) is 35.3. The summed E-state index contributed by atoms with van der Waals surface area (Å²) in [5.74, 6) is 0. The van der Waals surface area contributed by atoms with Gasteiger partial charge in [0.15, 0.2) is 0 Å². The lowest BCUT2D eigenvalue weighted by molar-refractivity contribution is -0.0343. The third kappa shape index (κ3) is 0.710. The fourth-order valence-electron chi connectivity index (χ4n) is 2.69. The molecule has 2 N–H and O–H groups in total. The molecule has 0 amide bonds.